The Hall–Kier alpha value is -1.20. The summed E-state index contributed by atoms with van der Waals surface area (Å²) in [5.74, 6) is 0.815. The summed E-state index contributed by atoms with van der Waals surface area (Å²) in [5.41, 5.74) is 0.793. The molecule has 1 N–H and O–H groups in total. The second-order valence-corrected chi connectivity index (χ2v) is 5.05. The molecule has 1 fully saturated rings. The molecule has 1 saturated heterocycles. The molecule has 20 heavy (non-hydrogen) atoms. The highest BCUT2D eigenvalue weighted by atomic mass is 19.3. The maximum Gasteiger partial charge on any atom is 0.387 e. The van der Waals surface area contributed by atoms with E-state index >= 15 is 0 Å². The molecule has 0 spiro atoms. The van der Waals surface area contributed by atoms with Crippen LogP contribution in [0.15, 0.2) is 24.3 Å². The van der Waals surface area contributed by atoms with E-state index in [9.17, 15) is 8.78 Å². The molecule has 112 valence electrons. The zero-order valence-electron chi connectivity index (χ0n) is 11.6. The van der Waals surface area contributed by atoms with Gasteiger partial charge in [-0.15, -0.1) is 0 Å². The molecule has 0 saturated carbocycles. The number of nitrogens with one attached hydrogen (secondary N) is 1. The third kappa shape index (κ3) is 4.15. The van der Waals surface area contributed by atoms with Gasteiger partial charge in [0.25, 0.3) is 0 Å². The fourth-order valence-electron chi connectivity index (χ4n) is 2.69. The van der Waals surface area contributed by atoms with Crippen LogP contribution in [-0.4, -0.2) is 26.9 Å². The summed E-state index contributed by atoms with van der Waals surface area (Å²) in [6, 6.07) is 7.02. The molecule has 5 heteroatoms. The van der Waals surface area contributed by atoms with Gasteiger partial charge in [0, 0.05) is 24.8 Å². The maximum atomic E-state index is 12.5. The summed E-state index contributed by atoms with van der Waals surface area (Å²) in [7, 11) is 1.85. The molecule has 0 radical (unpaired) electrons. The Labute approximate surface area is 118 Å². The molecular formula is C15H21F2NO2. The first-order chi connectivity index (χ1) is 9.70. The number of hydrogen-bond donors (Lipinski definition) is 1. The number of hydrogen-bond acceptors (Lipinski definition) is 3. The highest BCUT2D eigenvalue weighted by Crippen LogP contribution is 2.32. The summed E-state index contributed by atoms with van der Waals surface area (Å²) in [6.07, 6.45) is 2.95. The van der Waals surface area contributed by atoms with Crippen molar-refractivity contribution in [1.82, 2.24) is 5.32 Å². The average Bonchev–Trinajstić information content (AvgIpc) is 2.46. The van der Waals surface area contributed by atoms with Crippen LogP contribution in [0.1, 0.15) is 30.9 Å². The Morgan fingerprint density at radius 3 is 2.65 bits per heavy atom. The van der Waals surface area contributed by atoms with E-state index in [2.05, 4.69) is 10.1 Å². The number of benzene rings is 1. The van der Waals surface area contributed by atoms with Gasteiger partial charge in [-0.05, 0) is 38.3 Å². The van der Waals surface area contributed by atoms with Gasteiger partial charge in [0.05, 0.1) is 0 Å². The van der Waals surface area contributed by atoms with Gasteiger partial charge in [-0.25, -0.2) is 0 Å². The van der Waals surface area contributed by atoms with Gasteiger partial charge in [0.2, 0.25) is 0 Å². The van der Waals surface area contributed by atoms with Crippen LogP contribution in [0.3, 0.4) is 0 Å². The minimum Gasteiger partial charge on any atom is -0.434 e. The minimum absolute atomic E-state index is 0.0213. The fourth-order valence-corrected chi connectivity index (χ4v) is 2.69. The second-order valence-electron chi connectivity index (χ2n) is 5.05. The Kier molecular flexibility index (Phi) is 5.73. The molecule has 1 aromatic rings. The zero-order chi connectivity index (χ0) is 14.4. The lowest BCUT2D eigenvalue weighted by atomic mass is 9.89. The number of alkyl halides is 2. The molecule has 1 aliphatic heterocycles. The van der Waals surface area contributed by atoms with Gasteiger partial charge < -0.3 is 14.8 Å². The summed E-state index contributed by atoms with van der Waals surface area (Å²) < 4.78 is 34.9. The smallest absolute Gasteiger partial charge is 0.387 e. The number of ether oxygens (including phenoxy) is 2. The van der Waals surface area contributed by atoms with E-state index in [0.717, 1.165) is 38.0 Å². The summed E-state index contributed by atoms with van der Waals surface area (Å²) in [5, 5.41) is 3.21. The average molecular weight is 285 g/mol. The van der Waals surface area contributed by atoms with Crippen molar-refractivity contribution in [3.8, 4) is 5.75 Å². The zero-order valence-corrected chi connectivity index (χ0v) is 11.6. The predicted octanol–water partition coefficient (Wildman–Crippen LogP) is 3.37. The van der Waals surface area contributed by atoms with E-state index in [1.165, 1.54) is 0 Å². The molecule has 0 bridgehead atoms. The van der Waals surface area contributed by atoms with Gasteiger partial charge in [-0.1, -0.05) is 18.2 Å². The molecule has 0 amide bonds. The molecule has 0 aliphatic carbocycles. The number of halogens is 2. The Bertz CT molecular complexity index is 409. The van der Waals surface area contributed by atoms with Crippen molar-refractivity contribution in [2.45, 2.75) is 31.9 Å². The SMILES string of the molecule is CNC(CC1CCOCC1)c1ccccc1OC(F)F. The Morgan fingerprint density at radius 1 is 1.30 bits per heavy atom. The van der Waals surface area contributed by atoms with E-state index in [1.54, 1.807) is 12.1 Å². The fraction of sp³-hybridized carbons (Fsp3) is 0.600. The number of para-hydroxylation sites is 1. The number of rotatable bonds is 6. The van der Waals surface area contributed by atoms with Crippen molar-refractivity contribution >= 4 is 0 Å². The van der Waals surface area contributed by atoms with Crippen LogP contribution >= 0.6 is 0 Å². The Morgan fingerprint density at radius 2 is 2.00 bits per heavy atom. The van der Waals surface area contributed by atoms with E-state index in [-0.39, 0.29) is 11.8 Å². The van der Waals surface area contributed by atoms with Crippen molar-refractivity contribution in [3.63, 3.8) is 0 Å². The van der Waals surface area contributed by atoms with Crippen molar-refractivity contribution in [1.29, 1.82) is 0 Å². The first kappa shape index (κ1) is 15.2. The van der Waals surface area contributed by atoms with Crippen LogP contribution in [0.5, 0.6) is 5.75 Å². The second kappa shape index (κ2) is 7.55. The molecule has 1 unspecified atom stereocenters. The van der Waals surface area contributed by atoms with Crippen LogP contribution in [-0.2, 0) is 4.74 Å². The lowest BCUT2D eigenvalue weighted by Gasteiger charge is -2.27. The molecule has 1 aromatic carbocycles. The molecule has 1 atom stereocenters. The summed E-state index contributed by atoms with van der Waals surface area (Å²) >= 11 is 0. The van der Waals surface area contributed by atoms with Crippen LogP contribution < -0.4 is 10.1 Å². The van der Waals surface area contributed by atoms with Crippen LogP contribution in [0.2, 0.25) is 0 Å². The summed E-state index contributed by atoms with van der Waals surface area (Å²) in [6.45, 7) is -1.22. The third-order valence-electron chi connectivity index (χ3n) is 3.77. The molecule has 0 aromatic heterocycles. The maximum absolute atomic E-state index is 12.5. The summed E-state index contributed by atoms with van der Waals surface area (Å²) in [4.78, 5) is 0. The lowest BCUT2D eigenvalue weighted by molar-refractivity contribution is -0.0508. The van der Waals surface area contributed by atoms with Crippen molar-refractivity contribution in [3.05, 3.63) is 29.8 Å². The predicted molar refractivity (Wildman–Crippen MR) is 73.0 cm³/mol. The van der Waals surface area contributed by atoms with Crippen molar-refractivity contribution in [2.24, 2.45) is 5.92 Å². The van der Waals surface area contributed by atoms with Crippen molar-refractivity contribution < 1.29 is 18.3 Å². The largest absolute Gasteiger partial charge is 0.434 e. The van der Waals surface area contributed by atoms with Gasteiger partial charge in [0.15, 0.2) is 0 Å². The molecular weight excluding hydrogens is 264 g/mol. The van der Waals surface area contributed by atoms with Crippen LogP contribution in [0.4, 0.5) is 8.78 Å². The first-order valence-corrected chi connectivity index (χ1v) is 6.99. The lowest BCUT2D eigenvalue weighted by Crippen LogP contribution is -2.24. The Balaban J connectivity index is 2.09. The standard InChI is InChI=1S/C15H21F2NO2/c1-18-13(10-11-6-8-19-9-7-11)12-4-2-3-5-14(12)20-15(16)17/h2-5,11,13,15,18H,6-10H2,1H3. The normalized spacial score (nSPS) is 18.2. The minimum atomic E-state index is -2.79. The van der Waals surface area contributed by atoms with E-state index < -0.39 is 6.61 Å². The topological polar surface area (TPSA) is 30.5 Å². The quantitative estimate of drug-likeness (QED) is 0.869. The molecule has 3 nitrogen and oxygen atoms in total. The van der Waals surface area contributed by atoms with E-state index in [4.69, 9.17) is 4.74 Å². The first-order valence-electron chi connectivity index (χ1n) is 6.99. The van der Waals surface area contributed by atoms with Gasteiger partial charge in [-0.2, -0.15) is 8.78 Å². The molecule has 1 aliphatic rings. The van der Waals surface area contributed by atoms with E-state index in [1.807, 2.05) is 19.2 Å². The molecule has 2 rings (SSSR count). The van der Waals surface area contributed by atoms with Gasteiger partial charge in [-0.3, -0.25) is 0 Å². The van der Waals surface area contributed by atoms with Crippen molar-refractivity contribution in [2.75, 3.05) is 20.3 Å². The van der Waals surface area contributed by atoms with Gasteiger partial charge >= 0.3 is 6.61 Å². The van der Waals surface area contributed by atoms with Crippen LogP contribution in [0.25, 0.3) is 0 Å². The highest BCUT2D eigenvalue weighted by molar-refractivity contribution is 5.36. The third-order valence-corrected chi connectivity index (χ3v) is 3.77. The van der Waals surface area contributed by atoms with E-state index in [0.29, 0.717) is 5.92 Å². The molecule has 1 heterocycles. The monoisotopic (exact) mass is 285 g/mol. The highest BCUT2D eigenvalue weighted by Gasteiger charge is 2.22. The van der Waals surface area contributed by atoms with Gasteiger partial charge in [0.1, 0.15) is 5.75 Å². The van der Waals surface area contributed by atoms with Crippen LogP contribution in [0, 0.1) is 5.92 Å².